The molecule has 1 heterocycles. The van der Waals surface area contributed by atoms with Gasteiger partial charge in [-0.25, -0.2) is 0 Å². The molecular weight excluding hydrogens is 260 g/mol. The molecule has 3 nitrogen and oxygen atoms in total. The summed E-state index contributed by atoms with van der Waals surface area (Å²) in [5, 5.41) is 0.273. The van der Waals surface area contributed by atoms with E-state index in [9.17, 15) is 4.79 Å². The van der Waals surface area contributed by atoms with Crippen LogP contribution in [0.25, 0.3) is 0 Å². The van der Waals surface area contributed by atoms with Crippen LogP contribution < -0.4 is 9.47 Å². The maximum atomic E-state index is 11.6. The summed E-state index contributed by atoms with van der Waals surface area (Å²) < 4.78 is 11.2. The van der Waals surface area contributed by atoms with Crippen LogP contribution in [0.2, 0.25) is 0 Å². The molecule has 0 bridgehead atoms. The Labute approximate surface area is 96.5 Å². The van der Waals surface area contributed by atoms with Crippen molar-refractivity contribution >= 4 is 21.7 Å². The first-order valence-corrected chi connectivity index (χ1v) is 5.78. The van der Waals surface area contributed by atoms with E-state index in [-0.39, 0.29) is 17.7 Å². The van der Waals surface area contributed by atoms with Crippen molar-refractivity contribution in [2.75, 3.05) is 11.9 Å². The fourth-order valence-corrected chi connectivity index (χ4v) is 2.01. The van der Waals surface area contributed by atoms with Crippen LogP contribution in [0, 0.1) is 0 Å². The average Bonchev–Trinajstić information content (AvgIpc) is 2.27. The molecule has 0 amide bonds. The molecule has 0 N–H and O–H groups in total. The van der Waals surface area contributed by atoms with Crippen molar-refractivity contribution in [3.05, 3.63) is 24.3 Å². The lowest BCUT2D eigenvalue weighted by Gasteiger charge is -2.33. The van der Waals surface area contributed by atoms with Gasteiger partial charge in [0, 0.05) is 0 Å². The van der Waals surface area contributed by atoms with Crippen LogP contribution in [0.3, 0.4) is 0 Å². The number of rotatable bonds is 2. The summed E-state index contributed by atoms with van der Waals surface area (Å²) in [6.07, 6.45) is 0. The molecule has 80 valence electrons. The molecule has 1 atom stereocenters. The topological polar surface area (TPSA) is 35.5 Å². The van der Waals surface area contributed by atoms with Crippen LogP contribution in [-0.4, -0.2) is 23.3 Å². The maximum Gasteiger partial charge on any atom is 0.198 e. The number of fused-ring (bicyclic) bond motifs is 1. The van der Waals surface area contributed by atoms with E-state index in [2.05, 4.69) is 15.9 Å². The van der Waals surface area contributed by atoms with E-state index in [1.54, 1.807) is 13.0 Å². The van der Waals surface area contributed by atoms with Crippen LogP contribution in [0.5, 0.6) is 11.5 Å². The highest BCUT2D eigenvalue weighted by molar-refractivity contribution is 9.09. The minimum atomic E-state index is -0.877. The highest BCUT2D eigenvalue weighted by atomic mass is 79.9. The molecular formula is C11H11BrO3. The number of alkyl halides is 1. The maximum absolute atomic E-state index is 11.6. The Balaban J connectivity index is 2.28. The average molecular weight is 271 g/mol. The molecule has 15 heavy (non-hydrogen) atoms. The quantitative estimate of drug-likeness (QED) is 0.773. The molecule has 2 rings (SSSR count). The second-order valence-electron chi connectivity index (χ2n) is 3.63. The van der Waals surface area contributed by atoms with Crippen molar-refractivity contribution in [1.29, 1.82) is 0 Å². The van der Waals surface area contributed by atoms with E-state index in [0.29, 0.717) is 11.5 Å². The van der Waals surface area contributed by atoms with Crippen LogP contribution in [0.4, 0.5) is 0 Å². The molecule has 0 aliphatic carbocycles. The van der Waals surface area contributed by atoms with Gasteiger partial charge in [0.2, 0.25) is 0 Å². The van der Waals surface area contributed by atoms with Crippen molar-refractivity contribution in [2.24, 2.45) is 0 Å². The zero-order chi connectivity index (χ0) is 10.9. The van der Waals surface area contributed by atoms with Gasteiger partial charge in [-0.3, -0.25) is 4.79 Å². The Bertz CT molecular complexity index is 391. The molecule has 0 aromatic heterocycles. The van der Waals surface area contributed by atoms with Gasteiger partial charge in [-0.15, -0.1) is 0 Å². The number of halogens is 1. The van der Waals surface area contributed by atoms with Crippen molar-refractivity contribution in [3.8, 4) is 11.5 Å². The van der Waals surface area contributed by atoms with Crippen LogP contribution in [0.1, 0.15) is 6.92 Å². The molecule has 0 spiro atoms. The Morgan fingerprint density at radius 2 is 2.13 bits per heavy atom. The summed E-state index contributed by atoms with van der Waals surface area (Å²) in [5.41, 5.74) is -0.877. The molecule has 1 aromatic rings. The smallest absolute Gasteiger partial charge is 0.198 e. The molecule has 4 heteroatoms. The first kappa shape index (κ1) is 10.5. The largest absolute Gasteiger partial charge is 0.485 e. The standard InChI is InChI=1S/C11H11BrO3/c1-11(10(13)6-12)7-14-8-4-2-3-5-9(8)15-11/h2-5H,6-7H2,1H3. The summed E-state index contributed by atoms with van der Waals surface area (Å²) in [6, 6.07) is 7.35. The minimum Gasteiger partial charge on any atom is -0.485 e. The van der Waals surface area contributed by atoms with Gasteiger partial charge in [-0.05, 0) is 19.1 Å². The second-order valence-corrected chi connectivity index (χ2v) is 4.19. The fourth-order valence-electron chi connectivity index (χ4n) is 1.42. The predicted octanol–water partition coefficient (Wildman–Crippen LogP) is 2.18. The SMILES string of the molecule is CC1(C(=O)CBr)COc2ccccc2O1. The zero-order valence-electron chi connectivity index (χ0n) is 8.33. The number of carbonyl (C=O) groups excluding carboxylic acids is 1. The molecule has 0 saturated heterocycles. The van der Waals surface area contributed by atoms with Crippen LogP contribution >= 0.6 is 15.9 Å². The van der Waals surface area contributed by atoms with Crippen molar-refractivity contribution in [3.63, 3.8) is 0 Å². The zero-order valence-corrected chi connectivity index (χ0v) is 9.91. The highest BCUT2D eigenvalue weighted by Crippen LogP contribution is 2.35. The Morgan fingerprint density at radius 3 is 2.80 bits per heavy atom. The van der Waals surface area contributed by atoms with Gasteiger partial charge in [-0.1, -0.05) is 28.1 Å². The number of Topliss-reactive ketones (excluding diaryl/α,β-unsaturated/α-hetero) is 1. The van der Waals surface area contributed by atoms with E-state index in [4.69, 9.17) is 9.47 Å². The van der Waals surface area contributed by atoms with Gasteiger partial charge in [0.1, 0.15) is 6.61 Å². The van der Waals surface area contributed by atoms with E-state index in [1.165, 1.54) is 0 Å². The second kappa shape index (κ2) is 3.85. The normalized spacial score (nSPS) is 23.6. The number of ether oxygens (including phenoxy) is 2. The molecule has 1 aliphatic rings. The number of benzene rings is 1. The molecule has 1 unspecified atom stereocenters. The summed E-state index contributed by atoms with van der Waals surface area (Å²) in [7, 11) is 0. The summed E-state index contributed by atoms with van der Waals surface area (Å²) in [5.74, 6) is 1.30. The number of carbonyl (C=O) groups is 1. The lowest BCUT2D eigenvalue weighted by molar-refractivity contribution is -0.134. The number of hydrogen-bond acceptors (Lipinski definition) is 3. The molecule has 1 aliphatic heterocycles. The third-order valence-corrected chi connectivity index (χ3v) is 2.91. The lowest BCUT2D eigenvalue weighted by Crippen LogP contribution is -2.49. The van der Waals surface area contributed by atoms with Gasteiger partial charge >= 0.3 is 0 Å². The van der Waals surface area contributed by atoms with Gasteiger partial charge in [0.15, 0.2) is 22.9 Å². The predicted molar refractivity (Wildman–Crippen MR) is 59.8 cm³/mol. The van der Waals surface area contributed by atoms with Gasteiger partial charge in [0.05, 0.1) is 5.33 Å². The van der Waals surface area contributed by atoms with E-state index >= 15 is 0 Å². The first-order valence-electron chi connectivity index (χ1n) is 4.66. The van der Waals surface area contributed by atoms with Gasteiger partial charge in [0.25, 0.3) is 0 Å². The Kier molecular flexibility index (Phi) is 2.69. The summed E-state index contributed by atoms with van der Waals surface area (Å²) in [6.45, 7) is 2.00. The molecule has 1 aromatic carbocycles. The molecule has 0 saturated carbocycles. The third-order valence-electron chi connectivity index (χ3n) is 2.40. The van der Waals surface area contributed by atoms with Crippen LogP contribution in [-0.2, 0) is 4.79 Å². The van der Waals surface area contributed by atoms with Crippen LogP contribution in [0.15, 0.2) is 24.3 Å². The Morgan fingerprint density at radius 1 is 1.47 bits per heavy atom. The molecule has 0 radical (unpaired) electrons. The monoisotopic (exact) mass is 270 g/mol. The first-order chi connectivity index (χ1) is 7.15. The fraction of sp³-hybridized carbons (Fsp3) is 0.364. The van der Waals surface area contributed by atoms with E-state index in [1.807, 2.05) is 18.2 Å². The lowest BCUT2D eigenvalue weighted by atomic mass is 10.0. The highest BCUT2D eigenvalue weighted by Gasteiger charge is 2.39. The van der Waals surface area contributed by atoms with Gasteiger partial charge in [-0.2, -0.15) is 0 Å². The Hall–Kier alpha value is -1.03. The van der Waals surface area contributed by atoms with Crippen molar-refractivity contribution < 1.29 is 14.3 Å². The van der Waals surface area contributed by atoms with Crippen molar-refractivity contribution in [2.45, 2.75) is 12.5 Å². The summed E-state index contributed by atoms with van der Waals surface area (Å²) in [4.78, 5) is 11.6. The van der Waals surface area contributed by atoms with Crippen molar-refractivity contribution in [1.82, 2.24) is 0 Å². The number of ketones is 1. The number of hydrogen-bond donors (Lipinski definition) is 0. The minimum absolute atomic E-state index is 0.0167. The third kappa shape index (κ3) is 1.86. The molecule has 0 fully saturated rings. The van der Waals surface area contributed by atoms with E-state index < -0.39 is 5.60 Å². The number of para-hydroxylation sites is 2. The van der Waals surface area contributed by atoms with Gasteiger partial charge < -0.3 is 9.47 Å². The van der Waals surface area contributed by atoms with E-state index in [0.717, 1.165) is 0 Å². The summed E-state index contributed by atoms with van der Waals surface area (Å²) >= 11 is 3.14.